The normalized spacial score (nSPS) is 13.0. The van der Waals surface area contributed by atoms with Gasteiger partial charge in [0.05, 0.1) is 22.1 Å². The van der Waals surface area contributed by atoms with Crippen molar-refractivity contribution in [2.24, 2.45) is 0 Å². The smallest absolute Gasteiger partial charge is 0.252 e. The Morgan fingerprint density at radius 1 is 0.182 bits per heavy atom. The lowest BCUT2D eigenvalue weighted by molar-refractivity contribution is 0.590. The number of rotatable bonds is 11. The predicted molar refractivity (Wildman–Crippen MR) is 521 cm³/mol. The van der Waals surface area contributed by atoms with Crippen molar-refractivity contribution in [3.63, 3.8) is 0 Å². The van der Waals surface area contributed by atoms with Crippen molar-refractivity contribution in [2.75, 3.05) is 9.80 Å². The summed E-state index contributed by atoms with van der Waals surface area (Å²) in [6.45, 7) is 34.8. The Morgan fingerprint density at radius 2 is 0.413 bits per heavy atom. The Labute approximate surface area is 714 Å². The molecule has 2 aliphatic heterocycles. The Morgan fingerprint density at radius 3 is 0.678 bits per heavy atom. The third kappa shape index (κ3) is 13.7. The second kappa shape index (κ2) is 28.8. The molecule has 0 saturated heterocycles. The van der Waals surface area contributed by atoms with E-state index in [1.165, 1.54) is 132 Å². The summed E-state index contributed by atoms with van der Waals surface area (Å²) in [5.41, 5.74) is 39.8. The van der Waals surface area contributed by atoms with Gasteiger partial charge in [0, 0.05) is 67.0 Å². The molecule has 0 amide bonds. The van der Waals surface area contributed by atoms with Gasteiger partial charge in [0.25, 0.3) is 6.71 Å². The molecule has 0 bridgehead atoms. The number of nitrogens with zero attached hydrogens (tertiary/aromatic N) is 4. The summed E-state index contributed by atoms with van der Waals surface area (Å²) in [6.07, 6.45) is 0. The first-order chi connectivity index (χ1) is 58.1. The molecule has 5 heteroatoms. The first kappa shape index (κ1) is 76.5. The Bertz CT molecular complexity index is 6440. The molecule has 0 aliphatic carbocycles. The zero-order chi connectivity index (χ0) is 83.3. The van der Waals surface area contributed by atoms with Gasteiger partial charge in [0.2, 0.25) is 0 Å². The van der Waals surface area contributed by atoms with Crippen LogP contribution in [0.2, 0.25) is 0 Å². The van der Waals surface area contributed by atoms with Crippen LogP contribution in [0.15, 0.2) is 352 Å². The summed E-state index contributed by atoms with van der Waals surface area (Å²) in [5.74, 6) is 0. The highest BCUT2D eigenvalue weighted by atomic mass is 15.2. The third-order valence-corrected chi connectivity index (χ3v) is 25.9. The van der Waals surface area contributed by atoms with Crippen molar-refractivity contribution in [3.8, 4) is 89.3 Å². The zero-order valence-corrected chi connectivity index (χ0v) is 72.4. The molecular weight excluding hydrogens is 1460 g/mol. The van der Waals surface area contributed by atoms with Gasteiger partial charge in [0.1, 0.15) is 0 Å². The Balaban J connectivity index is 0.877. The molecule has 0 fully saturated rings. The monoisotopic (exact) mass is 1560 g/mol. The number of aromatic nitrogens is 2. The standard InChI is InChI=1S/C116H103BN4/c1-112(2,3)88-42-36-78(37-43-88)87-66-109-111-110(67-87)119(94-50-40-80(41-51-94)86-64-83(76-32-24-18-25-33-76)61-84(65-86)77-34-26-19-27-35-77)108-73-96(121-105-70-91(115(10,11)12)46-56-99(105)100-57-47-92(71-106(100)121)116(13,14)15)53-59-102(108)117(111)101-58-52-95(120-103-68-89(113(4,5)6)44-54-97(103)98-55-45-90(69-104(98)120)114(7,8)9)72-107(101)118(109)93-48-38-79(39-49-93)85-62-81(74-28-20-16-21-29-74)60-82(63-85)75-30-22-17-23-31-75/h16-73H,1-15H3. The van der Waals surface area contributed by atoms with E-state index in [4.69, 9.17) is 0 Å². The highest BCUT2D eigenvalue weighted by Gasteiger charge is 2.45. The van der Waals surface area contributed by atoms with Crippen LogP contribution in [-0.4, -0.2) is 15.8 Å². The highest BCUT2D eigenvalue weighted by Crippen LogP contribution is 2.51. The summed E-state index contributed by atoms with van der Waals surface area (Å²) in [6, 6.07) is 135. The average molecular weight is 1560 g/mol. The van der Waals surface area contributed by atoms with Crippen LogP contribution in [0.1, 0.15) is 132 Å². The molecule has 0 spiro atoms. The Hall–Kier alpha value is -13.2. The second-order valence-electron chi connectivity index (χ2n) is 39.1. The van der Waals surface area contributed by atoms with Crippen LogP contribution < -0.4 is 26.2 Å². The van der Waals surface area contributed by atoms with Crippen molar-refractivity contribution in [1.82, 2.24) is 9.13 Å². The van der Waals surface area contributed by atoms with Crippen molar-refractivity contribution in [1.29, 1.82) is 0 Å². The lowest BCUT2D eigenvalue weighted by Crippen LogP contribution is -2.61. The van der Waals surface area contributed by atoms with E-state index in [-0.39, 0.29) is 33.8 Å². The molecule has 16 aromatic carbocycles. The van der Waals surface area contributed by atoms with Gasteiger partial charge in [0.15, 0.2) is 0 Å². The molecule has 4 nitrogen and oxygen atoms in total. The molecular formula is C116H103BN4. The molecule has 0 N–H and O–H groups in total. The van der Waals surface area contributed by atoms with Crippen molar-refractivity contribution >= 4 is 101 Å². The fourth-order valence-electron chi connectivity index (χ4n) is 19.0. The van der Waals surface area contributed by atoms with Crippen LogP contribution in [0, 0.1) is 0 Å². The van der Waals surface area contributed by atoms with Gasteiger partial charge >= 0.3 is 0 Å². The topological polar surface area (TPSA) is 16.3 Å². The van der Waals surface area contributed by atoms with Gasteiger partial charge in [-0.1, -0.05) is 334 Å². The van der Waals surface area contributed by atoms with Crippen LogP contribution in [-0.2, 0) is 27.1 Å². The third-order valence-electron chi connectivity index (χ3n) is 25.9. The van der Waals surface area contributed by atoms with Crippen LogP contribution in [0.25, 0.3) is 133 Å². The van der Waals surface area contributed by atoms with Gasteiger partial charge in [-0.15, -0.1) is 0 Å². The second-order valence-corrected chi connectivity index (χ2v) is 39.1. The van der Waals surface area contributed by atoms with E-state index >= 15 is 0 Å². The molecule has 0 atom stereocenters. The molecule has 2 aromatic heterocycles. The highest BCUT2D eigenvalue weighted by molar-refractivity contribution is 7.00. The summed E-state index contributed by atoms with van der Waals surface area (Å²) in [5, 5.41) is 4.97. The molecule has 20 rings (SSSR count). The van der Waals surface area contributed by atoms with Gasteiger partial charge in [-0.05, 0) is 270 Å². The van der Waals surface area contributed by atoms with E-state index in [2.05, 4.69) is 475 Å². The fraction of sp³-hybridized carbons (Fsp3) is 0.172. The lowest BCUT2D eigenvalue weighted by Gasteiger charge is -2.44. The predicted octanol–water partition coefficient (Wildman–Crippen LogP) is 30.1. The van der Waals surface area contributed by atoms with Crippen molar-refractivity contribution in [2.45, 2.75) is 131 Å². The number of benzene rings is 16. The molecule has 4 heterocycles. The van der Waals surface area contributed by atoms with Crippen LogP contribution in [0.3, 0.4) is 0 Å². The van der Waals surface area contributed by atoms with E-state index in [0.29, 0.717) is 0 Å². The maximum atomic E-state index is 2.64. The minimum atomic E-state index is -0.230. The molecule has 0 radical (unpaired) electrons. The minimum absolute atomic E-state index is 0.0572. The lowest BCUT2D eigenvalue weighted by atomic mass is 9.33. The largest absolute Gasteiger partial charge is 0.311 e. The van der Waals surface area contributed by atoms with Gasteiger partial charge in [-0.2, -0.15) is 0 Å². The van der Waals surface area contributed by atoms with Gasteiger partial charge < -0.3 is 18.9 Å². The first-order valence-electron chi connectivity index (χ1n) is 43.2. The van der Waals surface area contributed by atoms with E-state index < -0.39 is 0 Å². The van der Waals surface area contributed by atoms with Crippen LogP contribution in [0.5, 0.6) is 0 Å². The van der Waals surface area contributed by atoms with Gasteiger partial charge in [-0.25, -0.2) is 0 Å². The van der Waals surface area contributed by atoms with Crippen molar-refractivity contribution in [3.05, 3.63) is 380 Å². The minimum Gasteiger partial charge on any atom is -0.311 e. The summed E-state index contributed by atoms with van der Waals surface area (Å²) in [4.78, 5) is 5.27. The fourth-order valence-corrected chi connectivity index (χ4v) is 19.0. The number of hydrogen-bond acceptors (Lipinski definition) is 2. The van der Waals surface area contributed by atoms with Gasteiger partial charge in [-0.3, -0.25) is 0 Å². The Kier molecular flexibility index (Phi) is 18.2. The van der Waals surface area contributed by atoms with Crippen LogP contribution in [0.4, 0.5) is 34.1 Å². The maximum absolute atomic E-state index is 2.64. The molecule has 18 aromatic rings. The van der Waals surface area contributed by atoms with Crippen molar-refractivity contribution < 1.29 is 0 Å². The summed E-state index contributed by atoms with van der Waals surface area (Å²) in [7, 11) is 0. The molecule has 2 aliphatic rings. The van der Waals surface area contributed by atoms with E-state index in [1.807, 2.05) is 0 Å². The summed E-state index contributed by atoms with van der Waals surface area (Å²) < 4.78 is 5.17. The van der Waals surface area contributed by atoms with E-state index in [9.17, 15) is 0 Å². The zero-order valence-electron chi connectivity index (χ0n) is 72.4. The SMILES string of the molecule is CC(C)(C)c1ccc(-c2cc3c4c(c2)N(c2ccc(-c5cc(-c6ccccc6)cc(-c6ccccc6)c5)cc2)c2cc(-n5c6cc(C(C)(C)C)ccc6c6ccc(C(C)(C)C)cc65)ccc2B4c2ccc(-n4c5cc(C(C)(C)C)ccc5c5ccc(C(C)(C)C)cc54)cc2N3c2ccc(-c3cc(-c4ccccc4)cc(-c4ccccc4)c3)cc2)cc1. The number of hydrogen-bond donors (Lipinski definition) is 0. The summed E-state index contributed by atoms with van der Waals surface area (Å²) >= 11 is 0. The molecule has 590 valence electrons. The van der Waals surface area contributed by atoms with Crippen LogP contribution >= 0.6 is 0 Å². The number of fused-ring (bicyclic) bond motifs is 10. The average Bonchev–Trinajstić information content (AvgIpc) is 1.12. The van der Waals surface area contributed by atoms with E-state index in [1.54, 1.807) is 0 Å². The molecule has 0 saturated carbocycles. The maximum Gasteiger partial charge on any atom is 0.252 e. The van der Waals surface area contributed by atoms with E-state index in [0.717, 1.165) is 78.9 Å². The first-order valence-corrected chi connectivity index (χ1v) is 43.2. The quantitative estimate of drug-likeness (QED) is 0.120. The molecule has 0 unspecified atom stereocenters. The molecule has 121 heavy (non-hydrogen) atoms. The number of anilines is 6.